The summed E-state index contributed by atoms with van der Waals surface area (Å²) in [6, 6.07) is 9.68. The molecule has 1 rings (SSSR count). The smallest absolute Gasteiger partial charge is 0.233 e. The van der Waals surface area contributed by atoms with E-state index in [-0.39, 0.29) is 5.91 Å². The molecule has 0 bridgehead atoms. The number of para-hydroxylation sites is 1. The van der Waals surface area contributed by atoms with Gasteiger partial charge in [0, 0.05) is 18.8 Å². The van der Waals surface area contributed by atoms with Gasteiger partial charge in [0.1, 0.15) is 0 Å². The highest BCUT2D eigenvalue weighted by atomic mass is 16.2. The lowest BCUT2D eigenvalue weighted by Gasteiger charge is -2.30. The lowest BCUT2D eigenvalue weighted by molar-refractivity contribution is -0.126. The first-order chi connectivity index (χ1) is 7.53. The van der Waals surface area contributed by atoms with Crippen LogP contribution in [0.5, 0.6) is 0 Å². The van der Waals surface area contributed by atoms with Crippen LogP contribution < -0.4 is 10.6 Å². The lowest BCUT2D eigenvalue weighted by Crippen LogP contribution is -2.44. The van der Waals surface area contributed by atoms with Gasteiger partial charge in [-0.15, -0.1) is 0 Å². The number of rotatable bonds is 4. The van der Waals surface area contributed by atoms with Crippen molar-refractivity contribution in [1.29, 1.82) is 0 Å². The number of benzene rings is 1. The third kappa shape index (κ3) is 2.61. The highest BCUT2D eigenvalue weighted by molar-refractivity contribution is 5.97. The van der Waals surface area contributed by atoms with E-state index in [1.165, 1.54) is 0 Å². The molecule has 0 aromatic heterocycles. The summed E-state index contributed by atoms with van der Waals surface area (Å²) in [5.74, 6) is 0.0729. The van der Waals surface area contributed by atoms with Gasteiger partial charge >= 0.3 is 0 Å². The molecular formula is C13H20N2O. The molecule has 2 N–H and O–H groups in total. The molecule has 0 fully saturated rings. The van der Waals surface area contributed by atoms with E-state index in [9.17, 15) is 4.79 Å². The van der Waals surface area contributed by atoms with Crippen molar-refractivity contribution in [3.8, 4) is 0 Å². The fraction of sp³-hybridized carbons (Fsp3) is 0.462. The van der Waals surface area contributed by atoms with Crippen LogP contribution in [0, 0.1) is 5.41 Å². The Balaban J connectivity index is 2.96. The highest BCUT2D eigenvalue weighted by Gasteiger charge is 2.30. The lowest BCUT2D eigenvalue weighted by atomic mass is 9.91. The zero-order valence-corrected chi connectivity index (χ0v) is 10.2. The molecule has 3 nitrogen and oxygen atoms in total. The Morgan fingerprint density at radius 3 is 2.31 bits per heavy atom. The van der Waals surface area contributed by atoms with Gasteiger partial charge in [-0.3, -0.25) is 4.79 Å². The quantitative estimate of drug-likeness (QED) is 0.844. The predicted octanol–water partition coefficient (Wildman–Crippen LogP) is 2.02. The third-order valence-electron chi connectivity index (χ3n) is 2.72. The Morgan fingerprint density at radius 1 is 1.31 bits per heavy atom. The van der Waals surface area contributed by atoms with Gasteiger partial charge in [0.25, 0.3) is 0 Å². The molecule has 88 valence electrons. The van der Waals surface area contributed by atoms with Crippen molar-refractivity contribution in [3.05, 3.63) is 30.3 Å². The molecule has 0 aliphatic carbocycles. The van der Waals surface area contributed by atoms with E-state index in [4.69, 9.17) is 5.73 Å². The summed E-state index contributed by atoms with van der Waals surface area (Å²) in [6.45, 7) is 6.74. The maximum Gasteiger partial charge on any atom is 0.233 e. The van der Waals surface area contributed by atoms with Gasteiger partial charge in [-0.05, 0) is 32.9 Å². The number of nitrogens with zero attached hydrogens (tertiary/aromatic N) is 1. The first-order valence-corrected chi connectivity index (χ1v) is 5.60. The number of hydrogen-bond acceptors (Lipinski definition) is 2. The highest BCUT2D eigenvalue weighted by Crippen LogP contribution is 2.22. The summed E-state index contributed by atoms with van der Waals surface area (Å²) in [5.41, 5.74) is 6.05. The standard InChI is InChI=1S/C13H20N2O/c1-4-15(11-8-6-5-7-9-11)12(16)13(2,3)10-14/h5-9H,4,10,14H2,1-3H3. The van der Waals surface area contributed by atoms with E-state index in [2.05, 4.69) is 0 Å². The van der Waals surface area contributed by atoms with Crippen LogP contribution >= 0.6 is 0 Å². The summed E-state index contributed by atoms with van der Waals surface area (Å²) >= 11 is 0. The Bertz CT molecular complexity index is 346. The minimum Gasteiger partial charge on any atom is -0.329 e. The zero-order valence-electron chi connectivity index (χ0n) is 10.2. The van der Waals surface area contributed by atoms with Crippen LogP contribution in [0.3, 0.4) is 0 Å². The van der Waals surface area contributed by atoms with Gasteiger partial charge in [-0.1, -0.05) is 18.2 Å². The zero-order chi connectivity index (χ0) is 12.2. The Morgan fingerprint density at radius 2 is 1.88 bits per heavy atom. The Kier molecular flexibility index (Phi) is 4.07. The van der Waals surface area contributed by atoms with Crippen molar-refractivity contribution in [1.82, 2.24) is 0 Å². The molecule has 16 heavy (non-hydrogen) atoms. The van der Waals surface area contributed by atoms with E-state index in [1.807, 2.05) is 51.1 Å². The molecule has 3 heteroatoms. The van der Waals surface area contributed by atoms with Crippen molar-refractivity contribution in [2.45, 2.75) is 20.8 Å². The molecule has 0 aliphatic heterocycles. The summed E-state index contributed by atoms with van der Waals surface area (Å²) in [6.07, 6.45) is 0. The number of nitrogens with two attached hydrogens (primary N) is 1. The second-order valence-electron chi connectivity index (χ2n) is 4.47. The maximum atomic E-state index is 12.3. The topological polar surface area (TPSA) is 46.3 Å². The monoisotopic (exact) mass is 220 g/mol. The van der Waals surface area contributed by atoms with Gasteiger partial charge in [-0.25, -0.2) is 0 Å². The van der Waals surface area contributed by atoms with Crippen molar-refractivity contribution < 1.29 is 4.79 Å². The molecule has 1 amide bonds. The Hall–Kier alpha value is -1.35. The summed E-state index contributed by atoms with van der Waals surface area (Å²) in [5, 5.41) is 0. The molecule has 0 saturated carbocycles. The van der Waals surface area contributed by atoms with E-state index in [1.54, 1.807) is 4.90 Å². The molecule has 0 aliphatic rings. The van der Waals surface area contributed by atoms with E-state index >= 15 is 0 Å². The summed E-state index contributed by atoms with van der Waals surface area (Å²) in [7, 11) is 0. The summed E-state index contributed by atoms with van der Waals surface area (Å²) < 4.78 is 0. The van der Waals surface area contributed by atoms with Crippen LogP contribution in [0.1, 0.15) is 20.8 Å². The first-order valence-electron chi connectivity index (χ1n) is 5.60. The molecule has 0 spiro atoms. The van der Waals surface area contributed by atoms with Gasteiger partial charge in [0.2, 0.25) is 5.91 Å². The SMILES string of the molecule is CCN(C(=O)C(C)(C)CN)c1ccccc1. The minimum absolute atomic E-state index is 0.0729. The number of carbonyl (C=O) groups excluding carboxylic acids is 1. The minimum atomic E-state index is -0.508. The van der Waals surface area contributed by atoms with Crippen LogP contribution in [0.4, 0.5) is 5.69 Å². The normalized spacial score (nSPS) is 11.2. The summed E-state index contributed by atoms with van der Waals surface area (Å²) in [4.78, 5) is 14.0. The van der Waals surface area contributed by atoms with E-state index < -0.39 is 5.41 Å². The molecule has 0 unspecified atom stereocenters. The average molecular weight is 220 g/mol. The van der Waals surface area contributed by atoms with Crippen LogP contribution in [-0.4, -0.2) is 19.0 Å². The van der Waals surface area contributed by atoms with Crippen molar-refractivity contribution in [2.75, 3.05) is 18.0 Å². The molecule has 0 radical (unpaired) electrons. The fourth-order valence-electron chi connectivity index (χ4n) is 1.50. The molecule has 0 atom stereocenters. The van der Waals surface area contributed by atoms with Gasteiger partial charge in [0.05, 0.1) is 5.41 Å². The van der Waals surface area contributed by atoms with Gasteiger partial charge in [-0.2, -0.15) is 0 Å². The average Bonchev–Trinajstić information content (AvgIpc) is 2.31. The third-order valence-corrected chi connectivity index (χ3v) is 2.72. The Labute approximate surface area is 97.2 Å². The van der Waals surface area contributed by atoms with Gasteiger partial charge in [0.15, 0.2) is 0 Å². The molecule has 1 aromatic carbocycles. The number of carbonyl (C=O) groups is 1. The van der Waals surface area contributed by atoms with Crippen molar-refractivity contribution in [3.63, 3.8) is 0 Å². The van der Waals surface area contributed by atoms with Gasteiger partial charge < -0.3 is 10.6 Å². The largest absolute Gasteiger partial charge is 0.329 e. The maximum absolute atomic E-state index is 12.3. The molecular weight excluding hydrogens is 200 g/mol. The van der Waals surface area contributed by atoms with E-state index in [0.29, 0.717) is 13.1 Å². The number of amides is 1. The fourth-order valence-corrected chi connectivity index (χ4v) is 1.50. The first kappa shape index (κ1) is 12.7. The second-order valence-corrected chi connectivity index (χ2v) is 4.47. The predicted molar refractivity (Wildman–Crippen MR) is 67.3 cm³/mol. The molecule has 0 saturated heterocycles. The molecule has 0 heterocycles. The number of anilines is 1. The van der Waals surface area contributed by atoms with Crippen LogP contribution in [0.2, 0.25) is 0 Å². The molecule has 1 aromatic rings. The van der Waals surface area contributed by atoms with E-state index in [0.717, 1.165) is 5.69 Å². The second kappa shape index (κ2) is 5.12. The van der Waals surface area contributed by atoms with Crippen molar-refractivity contribution in [2.24, 2.45) is 11.1 Å². The van der Waals surface area contributed by atoms with Crippen LogP contribution in [-0.2, 0) is 4.79 Å². The number of hydrogen-bond donors (Lipinski definition) is 1. The van der Waals surface area contributed by atoms with Crippen LogP contribution in [0.25, 0.3) is 0 Å². The van der Waals surface area contributed by atoms with Crippen molar-refractivity contribution >= 4 is 11.6 Å². The van der Waals surface area contributed by atoms with Crippen LogP contribution in [0.15, 0.2) is 30.3 Å².